The number of likely N-dealkylation sites (tertiary alicyclic amines) is 1. The molecule has 0 aliphatic carbocycles. The predicted octanol–water partition coefficient (Wildman–Crippen LogP) is -3.82. The van der Waals surface area contributed by atoms with Crippen molar-refractivity contribution < 1.29 is 73.8 Å². The Labute approximate surface area is 363 Å². The fourth-order valence-corrected chi connectivity index (χ4v) is 6.61. The van der Waals surface area contributed by atoms with E-state index in [9.17, 15) is 68.7 Å². The number of phenols is 1. The Hall–Kier alpha value is -5.91. The van der Waals surface area contributed by atoms with Crippen molar-refractivity contribution in [1.82, 2.24) is 36.8 Å². The Morgan fingerprint density at radius 3 is 1.60 bits per heavy atom. The number of carbonyl (C=O) groups is 9. The predicted molar refractivity (Wildman–Crippen MR) is 221 cm³/mol. The number of phenolic OH excluding ortho intramolecular Hbond substituents is 1. The maximum absolute atomic E-state index is 13.7. The third-order valence-corrected chi connectivity index (χ3v) is 9.94. The van der Waals surface area contributed by atoms with E-state index in [-0.39, 0.29) is 49.8 Å². The number of hydrogen-bond donors (Lipinski definition) is 13. The molecule has 0 bridgehead atoms. The molecule has 14 N–H and O–H groups in total. The molecule has 1 heterocycles. The van der Waals surface area contributed by atoms with Crippen LogP contribution in [0.1, 0.15) is 71.8 Å². The summed E-state index contributed by atoms with van der Waals surface area (Å²) in [5.41, 5.74) is 6.09. The van der Waals surface area contributed by atoms with E-state index >= 15 is 0 Å². The van der Waals surface area contributed by atoms with E-state index in [0.29, 0.717) is 12.0 Å². The molecule has 23 nitrogen and oxygen atoms in total. The molecular weight excluding hydrogens is 832 g/mol. The molecule has 0 aromatic heterocycles. The van der Waals surface area contributed by atoms with Crippen molar-refractivity contribution in [1.29, 1.82) is 0 Å². The van der Waals surface area contributed by atoms with Gasteiger partial charge >= 0.3 is 11.9 Å². The van der Waals surface area contributed by atoms with E-state index < -0.39 is 134 Å². The smallest absolute Gasteiger partial charge is 0.326 e. The van der Waals surface area contributed by atoms with Gasteiger partial charge in [0.25, 0.3) is 0 Å². The molecule has 7 amide bonds. The van der Waals surface area contributed by atoms with Gasteiger partial charge in [-0.05, 0) is 61.6 Å². The lowest BCUT2D eigenvalue weighted by molar-refractivity contribution is -0.144. The lowest BCUT2D eigenvalue weighted by Crippen LogP contribution is -2.61. The molecule has 8 atom stereocenters. The van der Waals surface area contributed by atoms with Crippen LogP contribution in [0.3, 0.4) is 0 Å². The second-order valence-electron chi connectivity index (χ2n) is 16.1. The number of carboxylic acids is 2. The van der Waals surface area contributed by atoms with Crippen LogP contribution in [-0.2, 0) is 49.6 Å². The molecule has 2 rings (SSSR count). The van der Waals surface area contributed by atoms with Crippen LogP contribution in [0.2, 0.25) is 0 Å². The van der Waals surface area contributed by atoms with Crippen molar-refractivity contribution in [3.8, 4) is 5.75 Å². The maximum Gasteiger partial charge on any atom is 0.326 e. The average Bonchev–Trinajstić information content (AvgIpc) is 3.72. The molecule has 1 fully saturated rings. The van der Waals surface area contributed by atoms with Gasteiger partial charge in [-0.15, -0.1) is 0 Å². The Bertz CT molecular complexity index is 1760. The minimum absolute atomic E-state index is 0.00711. The summed E-state index contributed by atoms with van der Waals surface area (Å²) in [7, 11) is 0. The zero-order valence-electron chi connectivity index (χ0n) is 35.7. The molecule has 1 aliphatic rings. The normalized spacial score (nSPS) is 17.0. The SMILES string of the molecule is CC(C)C[C@H](NC(=O)[C@H](CC(C)C)NC(=O)[C@H](CO)NC(=O)[C@@H]1CCCN1C(=O)[C@H](CO)NC(=O)[C@H](Cc1ccc(O)cc1)NC(=O)[C@@H](N)CO)C(=O)N[C@@H](CCC(=O)O)C(=O)O. The number of amides is 7. The van der Waals surface area contributed by atoms with E-state index in [1.165, 1.54) is 24.3 Å². The topological polar surface area (TPSA) is 376 Å². The summed E-state index contributed by atoms with van der Waals surface area (Å²) < 4.78 is 0. The van der Waals surface area contributed by atoms with Crippen molar-refractivity contribution in [2.75, 3.05) is 26.4 Å². The van der Waals surface area contributed by atoms with Crippen LogP contribution in [0.5, 0.6) is 5.75 Å². The number of aliphatic hydroxyl groups excluding tert-OH is 3. The number of hydrogen-bond acceptors (Lipinski definition) is 14. The van der Waals surface area contributed by atoms with Gasteiger partial charge < -0.3 is 73.2 Å². The summed E-state index contributed by atoms with van der Waals surface area (Å²) >= 11 is 0. The minimum atomic E-state index is -1.65. The zero-order chi connectivity index (χ0) is 47.6. The molecule has 1 aromatic rings. The van der Waals surface area contributed by atoms with Crippen LogP contribution in [0.15, 0.2) is 24.3 Å². The van der Waals surface area contributed by atoms with Crippen molar-refractivity contribution in [2.24, 2.45) is 17.6 Å². The zero-order valence-corrected chi connectivity index (χ0v) is 35.7. The molecule has 0 spiro atoms. The third-order valence-electron chi connectivity index (χ3n) is 9.94. The Morgan fingerprint density at radius 2 is 1.13 bits per heavy atom. The van der Waals surface area contributed by atoms with E-state index in [0.717, 1.165) is 4.90 Å². The number of nitrogens with one attached hydrogen (secondary N) is 6. The number of carbonyl (C=O) groups excluding carboxylic acids is 7. The first-order valence-corrected chi connectivity index (χ1v) is 20.5. The first-order chi connectivity index (χ1) is 29.6. The summed E-state index contributed by atoms with van der Waals surface area (Å²) in [6, 6.07) is -5.80. The summed E-state index contributed by atoms with van der Waals surface area (Å²) in [6.45, 7) is 4.32. The van der Waals surface area contributed by atoms with Gasteiger partial charge in [0.05, 0.1) is 19.8 Å². The van der Waals surface area contributed by atoms with Crippen LogP contribution in [0.4, 0.5) is 0 Å². The number of aromatic hydroxyl groups is 1. The van der Waals surface area contributed by atoms with Crippen molar-refractivity contribution in [3.63, 3.8) is 0 Å². The lowest BCUT2D eigenvalue weighted by Gasteiger charge is -2.30. The number of nitrogens with two attached hydrogens (primary N) is 1. The van der Waals surface area contributed by atoms with E-state index in [4.69, 9.17) is 10.8 Å². The van der Waals surface area contributed by atoms with Gasteiger partial charge in [-0.3, -0.25) is 38.4 Å². The Balaban J connectivity index is 2.21. The quantitative estimate of drug-likeness (QED) is 0.0424. The van der Waals surface area contributed by atoms with Crippen molar-refractivity contribution >= 4 is 53.3 Å². The van der Waals surface area contributed by atoms with E-state index in [2.05, 4.69) is 31.9 Å². The number of aliphatic hydroxyl groups is 3. The van der Waals surface area contributed by atoms with Gasteiger partial charge in [0.2, 0.25) is 41.4 Å². The van der Waals surface area contributed by atoms with Gasteiger partial charge in [0.15, 0.2) is 0 Å². The highest BCUT2D eigenvalue weighted by atomic mass is 16.4. The highest BCUT2D eigenvalue weighted by molar-refractivity contribution is 5.98. The van der Waals surface area contributed by atoms with Crippen LogP contribution < -0.4 is 37.6 Å². The standard InChI is InChI=1S/C40H62N8O15/c1-20(2)14-26(34(56)42-25(40(62)63)11-12-32(53)54)44-35(57)27(15-21(3)4)45-37(59)29(18-50)46-38(60)31-6-5-13-48(31)39(61)30(19-51)47-36(58)28(43-33(55)24(41)17-49)16-22-7-9-23(52)10-8-22/h7-10,20-21,24-31,49-52H,5-6,11-19,41H2,1-4H3,(H,42,56)(H,43,55)(H,44,57)(H,45,59)(H,46,60)(H,47,58)(H,53,54)(H,62,63)/t24-,25-,26-,27-,28-,29-,30-,31-/m0/s1. The molecule has 0 unspecified atom stereocenters. The molecule has 23 heteroatoms. The molecule has 1 aliphatic heterocycles. The second-order valence-corrected chi connectivity index (χ2v) is 16.1. The largest absolute Gasteiger partial charge is 0.508 e. The number of benzene rings is 1. The number of aliphatic carboxylic acids is 2. The molecule has 352 valence electrons. The highest BCUT2D eigenvalue weighted by Crippen LogP contribution is 2.20. The Kier molecular flexibility index (Phi) is 21.9. The van der Waals surface area contributed by atoms with Gasteiger partial charge in [0.1, 0.15) is 54.1 Å². The molecule has 0 saturated carbocycles. The summed E-state index contributed by atoms with van der Waals surface area (Å²) in [5, 5.41) is 72.3. The van der Waals surface area contributed by atoms with Crippen LogP contribution in [0, 0.1) is 11.8 Å². The lowest BCUT2D eigenvalue weighted by atomic mass is 9.99. The van der Waals surface area contributed by atoms with Gasteiger partial charge in [-0.25, -0.2) is 4.79 Å². The molecule has 1 aromatic carbocycles. The molecule has 63 heavy (non-hydrogen) atoms. The first-order valence-electron chi connectivity index (χ1n) is 20.5. The highest BCUT2D eigenvalue weighted by Gasteiger charge is 2.40. The molecular formula is C40H62N8O15. The second kappa shape index (κ2) is 25.9. The van der Waals surface area contributed by atoms with Crippen molar-refractivity contribution in [2.45, 2.75) is 121 Å². The summed E-state index contributed by atoms with van der Waals surface area (Å²) in [5.74, 6) is -9.57. The summed E-state index contributed by atoms with van der Waals surface area (Å²) in [4.78, 5) is 118. The summed E-state index contributed by atoms with van der Waals surface area (Å²) in [6.07, 6.45) is -0.694. The maximum atomic E-state index is 13.7. The van der Waals surface area contributed by atoms with E-state index in [1.807, 2.05) is 0 Å². The average molecular weight is 895 g/mol. The van der Waals surface area contributed by atoms with Gasteiger partial charge in [-0.1, -0.05) is 39.8 Å². The monoisotopic (exact) mass is 894 g/mol. The van der Waals surface area contributed by atoms with Crippen LogP contribution >= 0.6 is 0 Å². The fourth-order valence-electron chi connectivity index (χ4n) is 6.61. The molecule has 0 radical (unpaired) electrons. The first kappa shape index (κ1) is 53.2. The number of carboxylic acid groups (broad SMARTS) is 2. The molecule has 1 saturated heterocycles. The van der Waals surface area contributed by atoms with Crippen LogP contribution in [-0.4, -0.2) is 164 Å². The van der Waals surface area contributed by atoms with Gasteiger partial charge in [0, 0.05) is 19.4 Å². The number of nitrogens with zero attached hydrogens (tertiary/aromatic N) is 1. The van der Waals surface area contributed by atoms with Crippen LogP contribution in [0.25, 0.3) is 0 Å². The number of rotatable bonds is 26. The van der Waals surface area contributed by atoms with E-state index in [1.54, 1.807) is 27.7 Å². The van der Waals surface area contributed by atoms with Gasteiger partial charge in [-0.2, -0.15) is 0 Å². The Morgan fingerprint density at radius 1 is 0.651 bits per heavy atom. The minimum Gasteiger partial charge on any atom is -0.508 e. The third kappa shape index (κ3) is 17.4. The van der Waals surface area contributed by atoms with Crippen molar-refractivity contribution in [3.05, 3.63) is 29.8 Å². The fraction of sp³-hybridized carbons (Fsp3) is 0.625.